The molecule has 0 radical (unpaired) electrons. The van der Waals surface area contributed by atoms with Crippen LogP contribution in [-0.4, -0.2) is 66.1 Å². The van der Waals surface area contributed by atoms with Crippen LogP contribution in [0.4, 0.5) is 0 Å². The van der Waals surface area contributed by atoms with Crippen LogP contribution in [0.1, 0.15) is 28.4 Å². The number of benzene rings is 3. The minimum atomic E-state index is -0.271. The van der Waals surface area contributed by atoms with E-state index in [1.807, 2.05) is 70.5 Å². The highest BCUT2D eigenvalue weighted by atomic mass is 16.5. The molecular weight excluding hydrogens is 456 g/mol. The van der Waals surface area contributed by atoms with E-state index >= 15 is 0 Å². The molecule has 1 heterocycles. The quantitative estimate of drug-likeness (QED) is 0.545. The summed E-state index contributed by atoms with van der Waals surface area (Å²) in [4.78, 5) is 30.2. The van der Waals surface area contributed by atoms with Crippen molar-refractivity contribution in [1.82, 2.24) is 9.80 Å². The van der Waals surface area contributed by atoms with Crippen molar-refractivity contribution in [3.8, 4) is 17.2 Å². The lowest BCUT2D eigenvalue weighted by Gasteiger charge is -2.46. The zero-order valence-electron chi connectivity index (χ0n) is 20.9. The Labute approximate surface area is 211 Å². The number of ether oxygens (including phenoxy) is 2. The first-order chi connectivity index (χ1) is 17.4. The van der Waals surface area contributed by atoms with Gasteiger partial charge in [-0.3, -0.25) is 9.59 Å². The van der Waals surface area contributed by atoms with Gasteiger partial charge < -0.3 is 24.4 Å². The highest BCUT2D eigenvalue weighted by molar-refractivity contribution is 5.94. The molecule has 2 amide bonds. The summed E-state index contributed by atoms with van der Waals surface area (Å²) in [5.74, 6) is 0.434. The van der Waals surface area contributed by atoms with Crippen molar-refractivity contribution in [2.45, 2.75) is 31.8 Å². The molecule has 0 unspecified atom stereocenters. The van der Waals surface area contributed by atoms with Crippen molar-refractivity contribution in [2.24, 2.45) is 0 Å². The van der Waals surface area contributed by atoms with Gasteiger partial charge in [-0.1, -0.05) is 48.5 Å². The van der Waals surface area contributed by atoms with Gasteiger partial charge in [0.15, 0.2) is 11.5 Å². The largest absolute Gasteiger partial charge is 0.502 e. The van der Waals surface area contributed by atoms with Crippen LogP contribution in [0, 0.1) is 0 Å². The molecule has 36 heavy (non-hydrogen) atoms. The number of phenolic OH excluding ortho intramolecular Hbond substituents is 1. The monoisotopic (exact) mass is 488 g/mol. The Morgan fingerprint density at radius 3 is 1.86 bits per heavy atom. The van der Waals surface area contributed by atoms with Gasteiger partial charge in [0, 0.05) is 25.6 Å². The van der Waals surface area contributed by atoms with E-state index in [1.54, 1.807) is 19.1 Å². The van der Waals surface area contributed by atoms with Crippen molar-refractivity contribution in [3.05, 3.63) is 89.5 Å². The highest BCUT2D eigenvalue weighted by Gasteiger charge is 2.38. The zero-order valence-corrected chi connectivity index (χ0v) is 20.9. The third-order valence-electron chi connectivity index (χ3n) is 6.71. The van der Waals surface area contributed by atoms with Crippen molar-refractivity contribution in [2.75, 3.05) is 27.3 Å². The first-order valence-electron chi connectivity index (χ1n) is 12.0. The average molecular weight is 489 g/mol. The van der Waals surface area contributed by atoms with Crippen molar-refractivity contribution in [3.63, 3.8) is 0 Å². The standard InChI is InChI=1S/C29H32N2O5/c1-20(32)30-18-25(15-22-16-26(35-2)28(33)27(17-22)36-3)31(29(34)23-12-8-5-9-13-23)19-24(30)14-21-10-6-4-7-11-21/h4-13,16-17,24-25,33H,14-15,18-19H2,1-3H3/t24-,25-/m0/s1. The summed E-state index contributed by atoms with van der Waals surface area (Å²) in [5, 5.41) is 10.3. The summed E-state index contributed by atoms with van der Waals surface area (Å²) < 4.78 is 10.7. The molecule has 2 atom stereocenters. The van der Waals surface area contributed by atoms with Gasteiger partial charge in [0.2, 0.25) is 11.7 Å². The summed E-state index contributed by atoms with van der Waals surface area (Å²) in [6.45, 7) is 2.40. The molecule has 4 rings (SSSR count). The Hall–Kier alpha value is -4.00. The number of methoxy groups -OCH3 is 2. The summed E-state index contributed by atoms with van der Waals surface area (Å²) in [7, 11) is 2.96. The first-order valence-corrected chi connectivity index (χ1v) is 12.0. The van der Waals surface area contributed by atoms with Gasteiger partial charge in [-0.25, -0.2) is 0 Å². The fourth-order valence-electron chi connectivity index (χ4n) is 4.90. The van der Waals surface area contributed by atoms with Crippen LogP contribution >= 0.6 is 0 Å². The number of phenols is 1. The van der Waals surface area contributed by atoms with Crippen LogP contribution in [0.25, 0.3) is 0 Å². The molecule has 1 fully saturated rings. The SMILES string of the molecule is COc1cc(C[C@H]2CN(C(C)=O)[C@@H](Cc3ccccc3)CN2C(=O)c2ccccc2)cc(OC)c1O. The smallest absolute Gasteiger partial charge is 0.254 e. The van der Waals surface area contributed by atoms with Crippen LogP contribution < -0.4 is 9.47 Å². The minimum absolute atomic E-state index is 0.0198. The number of rotatable bonds is 7. The number of hydrogen-bond acceptors (Lipinski definition) is 5. The summed E-state index contributed by atoms with van der Waals surface area (Å²) >= 11 is 0. The molecule has 3 aromatic carbocycles. The Morgan fingerprint density at radius 2 is 1.31 bits per heavy atom. The first kappa shape index (κ1) is 25.1. The Balaban J connectivity index is 1.69. The van der Waals surface area contributed by atoms with Gasteiger partial charge in [0.1, 0.15) is 0 Å². The van der Waals surface area contributed by atoms with E-state index in [0.717, 1.165) is 11.1 Å². The fraction of sp³-hybridized carbons (Fsp3) is 0.310. The van der Waals surface area contributed by atoms with Gasteiger partial charge in [-0.05, 0) is 48.2 Å². The molecular formula is C29H32N2O5. The predicted octanol–water partition coefficient (Wildman–Crippen LogP) is 3.94. The molecule has 188 valence electrons. The highest BCUT2D eigenvalue weighted by Crippen LogP contribution is 2.38. The van der Waals surface area contributed by atoms with Crippen molar-refractivity contribution in [1.29, 1.82) is 0 Å². The van der Waals surface area contributed by atoms with Gasteiger partial charge in [-0.2, -0.15) is 0 Å². The Bertz CT molecular complexity index is 1170. The van der Waals surface area contributed by atoms with E-state index in [4.69, 9.17) is 9.47 Å². The lowest BCUT2D eigenvalue weighted by molar-refractivity contribution is -0.134. The second-order valence-electron chi connectivity index (χ2n) is 9.05. The lowest BCUT2D eigenvalue weighted by atomic mass is 9.94. The summed E-state index contributed by atoms with van der Waals surface area (Å²) in [6, 6.07) is 22.3. The Morgan fingerprint density at radius 1 is 0.806 bits per heavy atom. The maximum absolute atomic E-state index is 13.7. The molecule has 0 aromatic heterocycles. The maximum atomic E-state index is 13.7. The van der Waals surface area contributed by atoms with E-state index in [0.29, 0.717) is 43.0 Å². The van der Waals surface area contributed by atoms with Crippen molar-refractivity contribution < 1.29 is 24.2 Å². The normalized spacial score (nSPS) is 17.5. The lowest BCUT2D eigenvalue weighted by Crippen LogP contribution is -2.62. The number of piperazine rings is 1. The van der Waals surface area contributed by atoms with Crippen LogP contribution in [-0.2, 0) is 17.6 Å². The number of nitrogens with zero attached hydrogens (tertiary/aromatic N) is 2. The second-order valence-corrected chi connectivity index (χ2v) is 9.05. The van der Waals surface area contributed by atoms with E-state index in [-0.39, 0.29) is 29.6 Å². The van der Waals surface area contributed by atoms with E-state index in [1.165, 1.54) is 14.2 Å². The average Bonchev–Trinajstić information content (AvgIpc) is 2.90. The maximum Gasteiger partial charge on any atom is 0.254 e. The molecule has 1 aliphatic rings. The minimum Gasteiger partial charge on any atom is -0.502 e. The van der Waals surface area contributed by atoms with E-state index in [9.17, 15) is 14.7 Å². The van der Waals surface area contributed by atoms with Gasteiger partial charge in [0.05, 0.1) is 26.3 Å². The zero-order chi connectivity index (χ0) is 25.7. The summed E-state index contributed by atoms with van der Waals surface area (Å²) in [5.41, 5.74) is 2.56. The predicted molar refractivity (Wildman–Crippen MR) is 138 cm³/mol. The number of aromatic hydroxyl groups is 1. The molecule has 1 saturated heterocycles. The molecule has 0 saturated carbocycles. The number of carbonyl (C=O) groups excluding carboxylic acids is 2. The van der Waals surface area contributed by atoms with Crippen molar-refractivity contribution >= 4 is 11.8 Å². The topological polar surface area (TPSA) is 79.3 Å². The molecule has 1 N–H and O–H groups in total. The second kappa shape index (κ2) is 11.2. The van der Waals surface area contributed by atoms with Gasteiger partial charge >= 0.3 is 0 Å². The van der Waals surface area contributed by atoms with Crippen LogP contribution in [0.3, 0.4) is 0 Å². The third kappa shape index (κ3) is 5.46. The number of hydrogen-bond donors (Lipinski definition) is 1. The molecule has 0 aliphatic carbocycles. The Kier molecular flexibility index (Phi) is 7.78. The molecule has 1 aliphatic heterocycles. The summed E-state index contributed by atoms with van der Waals surface area (Å²) in [6.07, 6.45) is 1.12. The molecule has 0 spiro atoms. The molecule has 7 heteroatoms. The fourth-order valence-corrected chi connectivity index (χ4v) is 4.90. The van der Waals surface area contributed by atoms with Crippen LogP contribution in [0.2, 0.25) is 0 Å². The number of amides is 2. The van der Waals surface area contributed by atoms with Crippen LogP contribution in [0.15, 0.2) is 72.8 Å². The van der Waals surface area contributed by atoms with Gasteiger partial charge in [0.25, 0.3) is 5.91 Å². The third-order valence-corrected chi connectivity index (χ3v) is 6.71. The van der Waals surface area contributed by atoms with E-state index < -0.39 is 0 Å². The van der Waals surface area contributed by atoms with Crippen LogP contribution in [0.5, 0.6) is 17.2 Å². The molecule has 3 aromatic rings. The van der Waals surface area contributed by atoms with E-state index in [2.05, 4.69) is 0 Å². The van der Waals surface area contributed by atoms with Gasteiger partial charge in [-0.15, -0.1) is 0 Å². The number of carbonyl (C=O) groups is 2. The molecule has 7 nitrogen and oxygen atoms in total. The molecule has 0 bridgehead atoms.